The number of benzene rings is 2. The molecule has 4 heteroatoms. The first-order chi connectivity index (χ1) is 9.63. The van der Waals surface area contributed by atoms with Gasteiger partial charge in [0, 0.05) is 17.1 Å². The lowest BCUT2D eigenvalue weighted by atomic mass is 9.99. The molecule has 0 aliphatic heterocycles. The van der Waals surface area contributed by atoms with Gasteiger partial charge in [0.25, 0.3) is 0 Å². The van der Waals surface area contributed by atoms with Crippen molar-refractivity contribution in [1.82, 2.24) is 4.98 Å². The number of rotatable bonds is 3. The molecule has 0 saturated carbocycles. The molecule has 0 unspecified atom stereocenters. The summed E-state index contributed by atoms with van der Waals surface area (Å²) in [7, 11) is 0. The van der Waals surface area contributed by atoms with Crippen LogP contribution in [0.3, 0.4) is 0 Å². The summed E-state index contributed by atoms with van der Waals surface area (Å²) < 4.78 is 12.9. The maximum Gasteiger partial charge on any atom is 0.335 e. The number of hydrogen-bond donors (Lipinski definition) is 2. The Balaban J connectivity index is 2.07. The van der Waals surface area contributed by atoms with Crippen molar-refractivity contribution in [3.05, 3.63) is 71.2 Å². The highest BCUT2D eigenvalue weighted by Crippen LogP contribution is 2.23. The van der Waals surface area contributed by atoms with Gasteiger partial charge >= 0.3 is 5.97 Å². The fraction of sp³-hybridized carbons (Fsp3) is 0.0625. The molecule has 3 nitrogen and oxygen atoms in total. The van der Waals surface area contributed by atoms with Crippen LogP contribution in [0.1, 0.15) is 21.5 Å². The van der Waals surface area contributed by atoms with Gasteiger partial charge in [-0.15, -0.1) is 0 Å². The molecule has 20 heavy (non-hydrogen) atoms. The number of aromatic carboxylic acids is 1. The zero-order chi connectivity index (χ0) is 14.1. The van der Waals surface area contributed by atoms with Gasteiger partial charge in [0.2, 0.25) is 0 Å². The summed E-state index contributed by atoms with van der Waals surface area (Å²) in [6, 6.07) is 11.4. The molecule has 0 atom stereocenters. The van der Waals surface area contributed by atoms with E-state index >= 15 is 0 Å². The van der Waals surface area contributed by atoms with Crippen LogP contribution in [0.4, 0.5) is 4.39 Å². The minimum Gasteiger partial charge on any atom is -0.478 e. The molecule has 1 heterocycles. The van der Waals surface area contributed by atoms with E-state index in [0.717, 1.165) is 22.0 Å². The number of halogens is 1. The van der Waals surface area contributed by atoms with Gasteiger partial charge in [-0.25, -0.2) is 9.18 Å². The monoisotopic (exact) mass is 269 g/mol. The first-order valence-corrected chi connectivity index (χ1v) is 6.21. The van der Waals surface area contributed by atoms with E-state index in [1.807, 2.05) is 6.07 Å². The first kappa shape index (κ1) is 12.4. The summed E-state index contributed by atoms with van der Waals surface area (Å²) in [6.45, 7) is 0. The highest BCUT2D eigenvalue weighted by Gasteiger charge is 2.10. The molecule has 1 aromatic heterocycles. The molecular formula is C16H12FNO2. The Hall–Kier alpha value is -2.62. The molecule has 2 N–H and O–H groups in total. The number of carboxylic acid groups (broad SMARTS) is 1. The van der Waals surface area contributed by atoms with Gasteiger partial charge in [0.15, 0.2) is 0 Å². The quantitative estimate of drug-likeness (QED) is 0.763. The summed E-state index contributed by atoms with van der Waals surface area (Å²) in [5.41, 5.74) is 2.89. The zero-order valence-electron chi connectivity index (χ0n) is 10.6. The number of carbonyl (C=O) groups is 1. The molecule has 0 aliphatic rings. The topological polar surface area (TPSA) is 53.1 Å². The molecule has 3 rings (SSSR count). The van der Waals surface area contributed by atoms with Gasteiger partial charge in [-0.3, -0.25) is 0 Å². The van der Waals surface area contributed by atoms with Crippen molar-refractivity contribution < 1.29 is 14.3 Å². The second kappa shape index (κ2) is 4.81. The van der Waals surface area contributed by atoms with E-state index in [2.05, 4.69) is 4.98 Å². The van der Waals surface area contributed by atoms with Gasteiger partial charge in [0.1, 0.15) is 5.82 Å². The molecule has 0 amide bonds. The van der Waals surface area contributed by atoms with Crippen LogP contribution in [-0.2, 0) is 6.42 Å². The van der Waals surface area contributed by atoms with Crippen molar-refractivity contribution >= 4 is 16.9 Å². The average molecular weight is 269 g/mol. The van der Waals surface area contributed by atoms with Gasteiger partial charge in [-0.2, -0.15) is 0 Å². The second-order valence-electron chi connectivity index (χ2n) is 4.68. The number of hydrogen-bond acceptors (Lipinski definition) is 1. The van der Waals surface area contributed by atoms with Crippen LogP contribution in [0, 0.1) is 5.82 Å². The lowest BCUT2D eigenvalue weighted by molar-refractivity contribution is 0.0697. The van der Waals surface area contributed by atoms with Crippen molar-refractivity contribution in [3.8, 4) is 0 Å². The average Bonchev–Trinajstić information content (AvgIpc) is 2.89. The molecular weight excluding hydrogens is 257 g/mol. The molecule has 0 bridgehead atoms. The van der Waals surface area contributed by atoms with Crippen LogP contribution < -0.4 is 0 Å². The molecule has 100 valence electrons. The Kier molecular flexibility index (Phi) is 2.99. The van der Waals surface area contributed by atoms with Crippen LogP contribution in [0.25, 0.3) is 10.9 Å². The van der Waals surface area contributed by atoms with Crippen molar-refractivity contribution in [2.24, 2.45) is 0 Å². The summed E-state index contributed by atoms with van der Waals surface area (Å²) in [5, 5.41) is 10.1. The Morgan fingerprint density at radius 3 is 2.60 bits per heavy atom. The number of nitrogens with one attached hydrogen (secondary N) is 1. The van der Waals surface area contributed by atoms with E-state index in [-0.39, 0.29) is 11.4 Å². The Morgan fingerprint density at radius 1 is 1.15 bits per heavy atom. The number of carboxylic acids is 1. The summed E-state index contributed by atoms with van der Waals surface area (Å²) in [6.07, 6.45) is 2.35. The Labute approximate surface area is 114 Å². The first-order valence-electron chi connectivity index (χ1n) is 6.21. The van der Waals surface area contributed by atoms with Gasteiger partial charge in [-0.1, -0.05) is 12.1 Å². The number of aromatic amines is 1. The van der Waals surface area contributed by atoms with Gasteiger partial charge in [-0.05, 0) is 47.9 Å². The molecule has 0 saturated heterocycles. The predicted octanol–water partition coefficient (Wildman–Crippen LogP) is 3.60. The van der Waals surface area contributed by atoms with E-state index < -0.39 is 5.97 Å². The standard InChI is InChI=1S/C16H12FNO2/c17-13-3-1-10(2-4-13)7-11-8-12(16(19)20)9-15-14(11)5-6-18-15/h1-6,8-9,18H,7H2,(H,19,20). The minimum absolute atomic E-state index is 0.247. The third-order valence-electron chi connectivity index (χ3n) is 3.31. The summed E-state index contributed by atoms with van der Waals surface area (Å²) >= 11 is 0. The number of fused-ring (bicyclic) bond motifs is 1. The SMILES string of the molecule is O=C(O)c1cc(Cc2ccc(F)cc2)c2cc[nH]c2c1. The van der Waals surface area contributed by atoms with E-state index in [9.17, 15) is 9.18 Å². The van der Waals surface area contributed by atoms with Crippen molar-refractivity contribution in [2.75, 3.05) is 0 Å². The van der Waals surface area contributed by atoms with Gasteiger partial charge in [0.05, 0.1) is 5.56 Å². The van der Waals surface area contributed by atoms with Crippen LogP contribution in [0.2, 0.25) is 0 Å². The zero-order valence-corrected chi connectivity index (χ0v) is 10.6. The van der Waals surface area contributed by atoms with E-state index in [1.165, 1.54) is 12.1 Å². The van der Waals surface area contributed by atoms with Crippen LogP contribution in [0.5, 0.6) is 0 Å². The highest BCUT2D eigenvalue weighted by molar-refractivity contribution is 5.95. The van der Waals surface area contributed by atoms with E-state index in [1.54, 1.807) is 30.5 Å². The highest BCUT2D eigenvalue weighted by atomic mass is 19.1. The lowest BCUT2D eigenvalue weighted by Gasteiger charge is -2.06. The largest absolute Gasteiger partial charge is 0.478 e. The van der Waals surface area contributed by atoms with Crippen LogP contribution in [-0.4, -0.2) is 16.1 Å². The van der Waals surface area contributed by atoms with Crippen molar-refractivity contribution in [3.63, 3.8) is 0 Å². The third-order valence-corrected chi connectivity index (χ3v) is 3.31. The minimum atomic E-state index is -0.957. The van der Waals surface area contributed by atoms with Crippen molar-refractivity contribution in [1.29, 1.82) is 0 Å². The maximum absolute atomic E-state index is 12.9. The fourth-order valence-corrected chi connectivity index (χ4v) is 2.34. The Bertz CT molecular complexity index is 775. The molecule has 0 fully saturated rings. The third kappa shape index (κ3) is 2.28. The van der Waals surface area contributed by atoms with Gasteiger partial charge < -0.3 is 10.1 Å². The lowest BCUT2D eigenvalue weighted by Crippen LogP contribution is -1.99. The normalized spacial score (nSPS) is 10.8. The van der Waals surface area contributed by atoms with Crippen LogP contribution in [0.15, 0.2) is 48.7 Å². The smallest absolute Gasteiger partial charge is 0.335 e. The summed E-state index contributed by atoms with van der Waals surface area (Å²) in [4.78, 5) is 14.2. The molecule has 3 aromatic rings. The van der Waals surface area contributed by atoms with Crippen molar-refractivity contribution in [2.45, 2.75) is 6.42 Å². The maximum atomic E-state index is 12.9. The predicted molar refractivity (Wildman–Crippen MR) is 74.5 cm³/mol. The molecule has 0 spiro atoms. The molecule has 0 aliphatic carbocycles. The fourth-order valence-electron chi connectivity index (χ4n) is 2.34. The summed E-state index contributed by atoms with van der Waals surface area (Å²) in [5.74, 6) is -1.23. The number of H-pyrrole nitrogens is 1. The van der Waals surface area contributed by atoms with E-state index in [0.29, 0.717) is 6.42 Å². The Morgan fingerprint density at radius 2 is 1.90 bits per heavy atom. The number of aromatic nitrogens is 1. The molecule has 2 aromatic carbocycles. The molecule has 0 radical (unpaired) electrons. The van der Waals surface area contributed by atoms with Crippen LogP contribution >= 0.6 is 0 Å². The van der Waals surface area contributed by atoms with E-state index in [4.69, 9.17) is 5.11 Å². The second-order valence-corrected chi connectivity index (χ2v) is 4.68.